The number of halogens is 4. The Morgan fingerprint density at radius 3 is 2.14 bits per heavy atom. The van der Waals surface area contributed by atoms with Crippen LogP contribution < -0.4 is 9.80 Å². The predicted octanol–water partition coefficient (Wildman–Crippen LogP) is 6.00. The summed E-state index contributed by atoms with van der Waals surface area (Å²) in [7, 11) is 0. The van der Waals surface area contributed by atoms with E-state index in [-0.39, 0.29) is 5.02 Å². The van der Waals surface area contributed by atoms with Gasteiger partial charge in [-0.05, 0) is 18.1 Å². The summed E-state index contributed by atoms with van der Waals surface area (Å²) in [6.45, 7) is 2.55. The lowest BCUT2D eigenvalue weighted by molar-refractivity contribution is -0.137. The Balaban J connectivity index is 1.39. The summed E-state index contributed by atoms with van der Waals surface area (Å²) >= 11 is 6.20. The first-order chi connectivity index (χ1) is 16.9. The third-order valence-electron chi connectivity index (χ3n) is 6.20. The molecule has 5 nitrogen and oxygen atoms in total. The second-order valence-electron chi connectivity index (χ2n) is 8.53. The summed E-state index contributed by atoms with van der Waals surface area (Å²) in [4.78, 5) is 8.15. The first kappa shape index (κ1) is 23.4. The molecule has 2 aromatic heterocycles. The maximum Gasteiger partial charge on any atom is 0.417 e. The Hall–Kier alpha value is -3.39. The molecule has 2 aromatic carbocycles. The lowest BCUT2D eigenvalue weighted by Gasteiger charge is -2.25. The van der Waals surface area contributed by atoms with Gasteiger partial charge in [0.1, 0.15) is 5.82 Å². The van der Waals surface area contributed by atoms with Crippen molar-refractivity contribution in [3.8, 4) is 0 Å². The van der Waals surface area contributed by atoms with Crippen molar-refractivity contribution in [3.05, 3.63) is 88.7 Å². The quantitative estimate of drug-likeness (QED) is 0.346. The van der Waals surface area contributed by atoms with Gasteiger partial charge in [0.05, 0.1) is 16.3 Å². The van der Waals surface area contributed by atoms with Crippen molar-refractivity contribution < 1.29 is 13.2 Å². The van der Waals surface area contributed by atoms with E-state index < -0.39 is 11.7 Å². The van der Waals surface area contributed by atoms with Gasteiger partial charge in [0.15, 0.2) is 5.82 Å². The van der Waals surface area contributed by atoms with E-state index in [9.17, 15) is 13.2 Å². The average Bonchev–Trinajstić information content (AvgIpc) is 3.10. The van der Waals surface area contributed by atoms with Crippen LogP contribution in [0.5, 0.6) is 0 Å². The number of alkyl halides is 3. The molecule has 4 aromatic rings. The van der Waals surface area contributed by atoms with Gasteiger partial charge >= 0.3 is 6.18 Å². The molecule has 0 radical (unpaired) electrons. The lowest BCUT2D eigenvalue weighted by atomic mass is 10.0. The highest BCUT2D eigenvalue weighted by Crippen LogP contribution is 2.34. The summed E-state index contributed by atoms with van der Waals surface area (Å²) in [6, 6.07) is 19.2. The molecule has 9 heteroatoms. The standard InChI is InChI=1S/C26H23ClF3N5/c27-22-16-19(26(28,29)30)17-31-25(22)35-12-6-11-34(13-14-35)24-21-10-5-4-9-20(21)23(32-33-24)15-18-7-2-1-3-8-18/h1-5,7-10,16-17H,6,11-15H2. The zero-order valence-electron chi connectivity index (χ0n) is 18.8. The summed E-state index contributed by atoms with van der Waals surface area (Å²) in [6.07, 6.45) is -2.16. The molecule has 0 N–H and O–H groups in total. The van der Waals surface area contributed by atoms with Crippen LogP contribution in [0.1, 0.15) is 23.2 Å². The molecule has 180 valence electrons. The van der Waals surface area contributed by atoms with Gasteiger partial charge in [0, 0.05) is 49.6 Å². The van der Waals surface area contributed by atoms with Crippen LogP contribution in [-0.4, -0.2) is 41.4 Å². The maximum atomic E-state index is 13.0. The fraction of sp³-hybridized carbons (Fsp3) is 0.269. The number of hydrogen-bond donors (Lipinski definition) is 0. The third kappa shape index (κ3) is 5.03. The summed E-state index contributed by atoms with van der Waals surface area (Å²) in [5.41, 5.74) is 1.25. The molecular weight excluding hydrogens is 475 g/mol. The topological polar surface area (TPSA) is 45.2 Å². The van der Waals surface area contributed by atoms with Crippen molar-refractivity contribution in [2.24, 2.45) is 0 Å². The molecule has 0 spiro atoms. The number of nitrogens with zero attached hydrogens (tertiary/aromatic N) is 5. The Labute approximate surface area is 206 Å². The van der Waals surface area contributed by atoms with Gasteiger partial charge in [-0.3, -0.25) is 0 Å². The highest BCUT2D eigenvalue weighted by molar-refractivity contribution is 6.33. The Kier molecular flexibility index (Phi) is 6.47. The van der Waals surface area contributed by atoms with Crippen LogP contribution in [0.4, 0.5) is 24.8 Å². The highest BCUT2D eigenvalue weighted by atomic mass is 35.5. The van der Waals surface area contributed by atoms with Gasteiger partial charge in [-0.25, -0.2) is 4.98 Å². The SMILES string of the molecule is FC(F)(F)c1cnc(N2CCCN(c3nnc(Cc4ccccc4)c4ccccc34)CC2)c(Cl)c1. The molecule has 1 saturated heterocycles. The van der Waals surface area contributed by atoms with Crippen molar-refractivity contribution in [3.63, 3.8) is 0 Å². The smallest absolute Gasteiger partial charge is 0.354 e. The summed E-state index contributed by atoms with van der Waals surface area (Å²) in [5, 5.41) is 11.3. The Morgan fingerprint density at radius 2 is 1.46 bits per heavy atom. The van der Waals surface area contributed by atoms with E-state index in [0.717, 1.165) is 47.5 Å². The van der Waals surface area contributed by atoms with Crippen LogP contribution in [0.3, 0.4) is 0 Å². The lowest BCUT2D eigenvalue weighted by Crippen LogP contribution is -2.32. The Bertz CT molecular complexity index is 1330. The van der Waals surface area contributed by atoms with Crippen molar-refractivity contribution in [2.45, 2.75) is 19.0 Å². The van der Waals surface area contributed by atoms with Crippen molar-refractivity contribution in [1.82, 2.24) is 15.2 Å². The highest BCUT2D eigenvalue weighted by Gasteiger charge is 2.32. The minimum atomic E-state index is -4.48. The van der Waals surface area contributed by atoms with Crippen LogP contribution >= 0.6 is 11.6 Å². The second-order valence-corrected chi connectivity index (χ2v) is 8.94. The second kappa shape index (κ2) is 9.70. The summed E-state index contributed by atoms with van der Waals surface area (Å²) < 4.78 is 39.0. The van der Waals surface area contributed by atoms with E-state index >= 15 is 0 Å². The molecule has 35 heavy (non-hydrogen) atoms. The van der Waals surface area contributed by atoms with Gasteiger partial charge in [-0.1, -0.05) is 66.2 Å². The van der Waals surface area contributed by atoms with E-state index in [1.807, 2.05) is 35.2 Å². The largest absolute Gasteiger partial charge is 0.417 e. The Morgan fingerprint density at radius 1 is 0.800 bits per heavy atom. The van der Waals surface area contributed by atoms with Gasteiger partial charge in [-0.2, -0.15) is 18.3 Å². The van der Waals surface area contributed by atoms with Crippen LogP contribution in [0.2, 0.25) is 5.02 Å². The number of pyridine rings is 1. The van der Waals surface area contributed by atoms with E-state index in [4.69, 9.17) is 11.6 Å². The molecule has 0 bridgehead atoms. The van der Waals surface area contributed by atoms with Gasteiger partial charge in [0.2, 0.25) is 0 Å². The monoisotopic (exact) mass is 497 g/mol. The molecular formula is C26H23ClF3N5. The zero-order valence-corrected chi connectivity index (χ0v) is 19.6. The molecule has 1 aliphatic rings. The van der Waals surface area contributed by atoms with Crippen molar-refractivity contribution in [2.75, 3.05) is 36.0 Å². The number of rotatable bonds is 4. The normalized spacial score (nSPS) is 14.9. The molecule has 1 aliphatic heterocycles. The summed E-state index contributed by atoms with van der Waals surface area (Å²) in [5.74, 6) is 1.18. The molecule has 0 atom stereocenters. The fourth-order valence-electron chi connectivity index (χ4n) is 4.46. The van der Waals surface area contributed by atoms with Crippen LogP contribution in [0.15, 0.2) is 66.9 Å². The third-order valence-corrected chi connectivity index (χ3v) is 6.48. The molecule has 0 saturated carbocycles. The molecule has 0 unspecified atom stereocenters. The van der Waals surface area contributed by atoms with Crippen LogP contribution in [0, 0.1) is 0 Å². The first-order valence-corrected chi connectivity index (χ1v) is 11.8. The van der Waals surface area contributed by atoms with Crippen molar-refractivity contribution in [1.29, 1.82) is 0 Å². The van der Waals surface area contributed by atoms with E-state index in [1.54, 1.807) is 0 Å². The number of hydrogen-bond acceptors (Lipinski definition) is 5. The van der Waals surface area contributed by atoms with Gasteiger partial charge < -0.3 is 9.80 Å². The van der Waals surface area contributed by atoms with E-state index in [0.29, 0.717) is 31.9 Å². The maximum absolute atomic E-state index is 13.0. The van der Waals surface area contributed by atoms with E-state index in [1.165, 1.54) is 5.56 Å². The van der Waals surface area contributed by atoms with Crippen LogP contribution in [0.25, 0.3) is 10.8 Å². The van der Waals surface area contributed by atoms with Gasteiger partial charge in [-0.15, -0.1) is 5.10 Å². The number of aromatic nitrogens is 3. The minimum absolute atomic E-state index is 0.00350. The molecule has 1 fully saturated rings. The van der Waals surface area contributed by atoms with E-state index in [2.05, 4.69) is 44.3 Å². The van der Waals surface area contributed by atoms with Gasteiger partial charge in [0.25, 0.3) is 0 Å². The molecule has 0 aliphatic carbocycles. The minimum Gasteiger partial charge on any atom is -0.354 e. The fourth-order valence-corrected chi connectivity index (χ4v) is 4.74. The number of benzene rings is 2. The first-order valence-electron chi connectivity index (χ1n) is 11.4. The molecule has 5 rings (SSSR count). The van der Waals surface area contributed by atoms with Crippen molar-refractivity contribution >= 4 is 34.0 Å². The number of fused-ring (bicyclic) bond motifs is 1. The molecule has 3 heterocycles. The van der Waals surface area contributed by atoms with Crippen LogP contribution in [-0.2, 0) is 12.6 Å². The zero-order chi connectivity index (χ0) is 24.4. The molecule has 0 amide bonds. The average molecular weight is 498 g/mol. The predicted molar refractivity (Wildman–Crippen MR) is 132 cm³/mol. The number of anilines is 2.